The summed E-state index contributed by atoms with van der Waals surface area (Å²) in [6.45, 7) is 2.72. The van der Waals surface area contributed by atoms with Gasteiger partial charge in [0.2, 0.25) is 5.89 Å². The van der Waals surface area contributed by atoms with Gasteiger partial charge in [0, 0.05) is 30.9 Å². The van der Waals surface area contributed by atoms with Gasteiger partial charge < -0.3 is 18.8 Å². The summed E-state index contributed by atoms with van der Waals surface area (Å²) in [5.41, 5.74) is 2.53. The molecule has 0 amide bonds. The Bertz CT molecular complexity index is 1130. The minimum Gasteiger partial charge on any atom is -0.492 e. The first-order chi connectivity index (χ1) is 14.1. The number of rotatable bonds is 8. The number of pyridine rings is 1. The second kappa shape index (κ2) is 8.18. The number of aryl methyl sites for hydroxylation is 2. The lowest BCUT2D eigenvalue weighted by molar-refractivity contribution is -0.137. The highest BCUT2D eigenvalue weighted by atomic mass is 16.5. The molecule has 4 rings (SSSR count). The number of carboxylic acid groups (broad SMARTS) is 1. The highest BCUT2D eigenvalue weighted by Gasteiger charge is 2.13. The van der Waals surface area contributed by atoms with Crippen molar-refractivity contribution >= 4 is 17.0 Å². The van der Waals surface area contributed by atoms with E-state index >= 15 is 0 Å². The molecule has 3 heterocycles. The monoisotopic (exact) mass is 391 g/mol. The van der Waals surface area contributed by atoms with Gasteiger partial charge in [-0.05, 0) is 31.2 Å². The van der Waals surface area contributed by atoms with Gasteiger partial charge in [0.25, 0.3) is 0 Å². The number of aliphatic carboxylic acids is 1. The second-order valence-corrected chi connectivity index (χ2v) is 6.69. The smallest absolute Gasteiger partial charge is 0.305 e. The van der Waals surface area contributed by atoms with Crippen LogP contribution in [0.5, 0.6) is 5.75 Å². The Balaban J connectivity index is 1.44. The molecule has 7 nitrogen and oxygen atoms in total. The van der Waals surface area contributed by atoms with E-state index in [4.69, 9.17) is 14.3 Å². The lowest BCUT2D eigenvalue weighted by Crippen LogP contribution is -2.05. The van der Waals surface area contributed by atoms with Gasteiger partial charge in [-0.3, -0.25) is 4.79 Å². The molecule has 1 N–H and O–H groups in total. The average molecular weight is 391 g/mol. The number of benzene rings is 1. The lowest BCUT2D eigenvalue weighted by atomic mass is 10.2. The Labute approximate surface area is 167 Å². The number of hydrogen-bond donors (Lipinski definition) is 1. The van der Waals surface area contributed by atoms with E-state index < -0.39 is 5.97 Å². The van der Waals surface area contributed by atoms with Gasteiger partial charge >= 0.3 is 5.97 Å². The van der Waals surface area contributed by atoms with Crippen molar-refractivity contribution in [2.24, 2.45) is 0 Å². The Morgan fingerprint density at radius 3 is 2.83 bits per heavy atom. The molecule has 29 heavy (non-hydrogen) atoms. The van der Waals surface area contributed by atoms with Crippen molar-refractivity contribution in [3.8, 4) is 17.2 Å². The number of ether oxygens (including phenoxy) is 1. The molecule has 7 heteroatoms. The number of oxazole rings is 1. The molecule has 1 aromatic carbocycles. The van der Waals surface area contributed by atoms with Gasteiger partial charge in [0.05, 0.1) is 24.1 Å². The first-order valence-electron chi connectivity index (χ1n) is 9.42. The first kappa shape index (κ1) is 18.7. The van der Waals surface area contributed by atoms with Gasteiger partial charge in [0.15, 0.2) is 0 Å². The first-order valence-corrected chi connectivity index (χ1v) is 9.42. The highest BCUT2D eigenvalue weighted by Crippen LogP contribution is 2.26. The zero-order valence-corrected chi connectivity index (χ0v) is 16.0. The fourth-order valence-electron chi connectivity index (χ4n) is 3.21. The minimum atomic E-state index is -0.836. The van der Waals surface area contributed by atoms with Crippen LogP contribution in [0.1, 0.15) is 17.9 Å². The molecule has 0 bridgehead atoms. The molecular formula is C22H21N3O4. The van der Waals surface area contributed by atoms with Crippen molar-refractivity contribution < 1.29 is 19.1 Å². The maximum atomic E-state index is 10.8. The van der Waals surface area contributed by atoms with Crippen LogP contribution in [-0.4, -0.2) is 32.2 Å². The molecule has 0 aliphatic rings. The van der Waals surface area contributed by atoms with Gasteiger partial charge in [-0.2, -0.15) is 0 Å². The Hall–Kier alpha value is -3.61. The maximum absolute atomic E-state index is 10.8. The molecule has 4 aromatic rings. The van der Waals surface area contributed by atoms with E-state index in [1.54, 1.807) is 6.20 Å². The highest BCUT2D eigenvalue weighted by molar-refractivity contribution is 5.83. The summed E-state index contributed by atoms with van der Waals surface area (Å²) < 4.78 is 13.6. The molecule has 0 spiro atoms. The molecule has 0 saturated carbocycles. The van der Waals surface area contributed by atoms with Crippen LogP contribution in [-0.2, 0) is 17.8 Å². The molecule has 0 aliphatic heterocycles. The average Bonchev–Trinajstić information content (AvgIpc) is 3.31. The number of carbonyl (C=O) groups is 1. The van der Waals surface area contributed by atoms with Gasteiger partial charge in [-0.1, -0.05) is 18.2 Å². The Morgan fingerprint density at radius 2 is 2.03 bits per heavy atom. The normalized spacial score (nSPS) is 11.1. The fraction of sp³-hybridized carbons (Fsp3) is 0.227. The molecule has 0 aliphatic carbocycles. The van der Waals surface area contributed by atoms with Crippen LogP contribution >= 0.6 is 0 Å². The predicted molar refractivity (Wildman–Crippen MR) is 108 cm³/mol. The summed E-state index contributed by atoms with van der Waals surface area (Å²) in [6, 6.07) is 13.5. The van der Waals surface area contributed by atoms with E-state index in [0.717, 1.165) is 22.4 Å². The number of aromatic nitrogens is 3. The van der Waals surface area contributed by atoms with Crippen molar-refractivity contribution in [2.75, 3.05) is 6.61 Å². The molecule has 0 atom stereocenters. The maximum Gasteiger partial charge on any atom is 0.305 e. The molecule has 3 aromatic heterocycles. The number of carboxylic acids is 1. The molecule has 0 unspecified atom stereocenters. The van der Waals surface area contributed by atoms with Gasteiger partial charge in [-0.25, -0.2) is 9.97 Å². The summed E-state index contributed by atoms with van der Waals surface area (Å²) in [7, 11) is 0. The molecule has 0 saturated heterocycles. The van der Waals surface area contributed by atoms with Crippen LogP contribution in [0.2, 0.25) is 0 Å². The van der Waals surface area contributed by atoms with E-state index in [0.29, 0.717) is 36.9 Å². The third-order valence-corrected chi connectivity index (χ3v) is 4.70. The third-order valence-electron chi connectivity index (χ3n) is 4.70. The minimum absolute atomic E-state index is 0.0473. The molecule has 0 fully saturated rings. The number of nitrogens with zero attached hydrogens (tertiary/aromatic N) is 3. The van der Waals surface area contributed by atoms with Crippen molar-refractivity contribution in [3.05, 3.63) is 66.3 Å². The van der Waals surface area contributed by atoms with Crippen LogP contribution in [0.4, 0.5) is 0 Å². The van der Waals surface area contributed by atoms with Crippen LogP contribution in [0.15, 0.2) is 59.3 Å². The quantitative estimate of drug-likeness (QED) is 0.486. The predicted octanol–water partition coefficient (Wildman–Crippen LogP) is 4.10. The summed E-state index contributed by atoms with van der Waals surface area (Å²) in [5, 5.41) is 9.75. The standard InChI is InChI=1S/C22H21N3O4/c1-15-18(24-22(29-15)16-5-3-2-4-6-16)10-14-28-19-7-11-23-21-17(19)8-12-25(21)13-9-20(26)27/h2-8,11-12H,9-10,13-14H2,1H3,(H,26,27). The van der Waals surface area contributed by atoms with E-state index in [1.165, 1.54) is 0 Å². The Kier molecular flexibility index (Phi) is 5.29. The fourth-order valence-corrected chi connectivity index (χ4v) is 3.21. The zero-order chi connectivity index (χ0) is 20.2. The van der Waals surface area contributed by atoms with Gasteiger partial charge in [0.1, 0.15) is 17.2 Å². The summed E-state index contributed by atoms with van der Waals surface area (Å²) in [6.07, 6.45) is 4.17. The molecular weight excluding hydrogens is 370 g/mol. The van der Waals surface area contributed by atoms with E-state index in [1.807, 2.05) is 60.2 Å². The van der Waals surface area contributed by atoms with E-state index in [2.05, 4.69) is 9.97 Å². The summed E-state index contributed by atoms with van der Waals surface area (Å²) in [4.78, 5) is 19.8. The van der Waals surface area contributed by atoms with Crippen molar-refractivity contribution in [1.82, 2.24) is 14.5 Å². The second-order valence-electron chi connectivity index (χ2n) is 6.69. The lowest BCUT2D eigenvalue weighted by Gasteiger charge is -2.07. The molecule has 148 valence electrons. The van der Waals surface area contributed by atoms with Crippen LogP contribution in [0.3, 0.4) is 0 Å². The van der Waals surface area contributed by atoms with Crippen LogP contribution < -0.4 is 4.74 Å². The summed E-state index contributed by atoms with van der Waals surface area (Å²) >= 11 is 0. The summed E-state index contributed by atoms with van der Waals surface area (Å²) in [5.74, 6) is 1.28. The SMILES string of the molecule is Cc1oc(-c2ccccc2)nc1CCOc1ccnc2c1ccn2CCC(=O)O. The molecule has 0 radical (unpaired) electrons. The zero-order valence-electron chi connectivity index (χ0n) is 16.0. The van der Waals surface area contributed by atoms with Crippen molar-refractivity contribution in [1.29, 1.82) is 0 Å². The number of hydrogen-bond acceptors (Lipinski definition) is 5. The largest absolute Gasteiger partial charge is 0.492 e. The van der Waals surface area contributed by atoms with Crippen molar-refractivity contribution in [2.45, 2.75) is 26.3 Å². The van der Waals surface area contributed by atoms with E-state index in [-0.39, 0.29) is 6.42 Å². The topological polar surface area (TPSA) is 90.4 Å². The van der Waals surface area contributed by atoms with Gasteiger partial charge in [-0.15, -0.1) is 0 Å². The number of fused-ring (bicyclic) bond motifs is 1. The Morgan fingerprint density at radius 1 is 1.21 bits per heavy atom. The van der Waals surface area contributed by atoms with E-state index in [9.17, 15) is 4.79 Å². The van der Waals surface area contributed by atoms with Crippen LogP contribution in [0, 0.1) is 6.92 Å². The third kappa shape index (κ3) is 4.13. The van der Waals surface area contributed by atoms with Crippen LogP contribution in [0.25, 0.3) is 22.5 Å². The van der Waals surface area contributed by atoms with Crippen molar-refractivity contribution in [3.63, 3.8) is 0 Å².